The number of amides is 2. The van der Waals surface area contributed by atoms with Gasteiger partial charge in [-0.15, -0.1) is 0 Å². The molecular weight excluding hydrogens is 352 g/mol. The van der Waals surface area contributed by atoms with Gasteiger partial charge in [0.2, 0.25) is 0 Å². The van der Waals surface area contributed by atoms with Crippen molar-refractivity contribution in [1.29, 1.82) is 0 Å². The number of carbonyl (C=O) groups excluding carboxylic acids is 1. The highest BCUT2D eigenvalue weighted by atomic mass is 16.5. The molecule has 4 N–H and O–H groups in total. The van der Waals surface area contributed by atoms with E-state index in [0.29, 0.717) is 23.4 Å². The van der Waals surface area contributed by atoms with Crippen molar-refractivity contribution in [2.24, 2.45) is 0 Å². The highest BCUT2D eigenvalue weighted by Crippen LogP contribution is 2.31. The van der Waals surface area contributed by atoms with E-state index in [4.69, 9.17) is 4.74 Å². The van der Waals surface area contributed by atoms with Gasteiger partial charge in [-0.2, -0.15) is 0 Å². The summed E-state index contributed by atoms with van der Waals surface area (Å²) >= 11 is 0. The minimum atomic E-state index is -0.752. The fraction of sp³-hybridized carbons (Fsp3) is 0.647. The lowest BCUT2D eigenvalue weighted by molar-refractivity contribution is -0.0432. The maximum Gasteiger partial charge on any atom is 0.320 e. The normalized spacial score (nSPS) is 26.4. The summed E-state index contributed by atoms with van der Waals surface area (Å²) in [6, 6.07) is -0.109. The molecule has 0 bridgehead atoms. The topological polar surface area (TPSA) is 134 Å². The smallest absolute Gasteiger partial charge is 0.320 e. The molecule has 0 aromatic carbocycles. The number of hydrogen-bond acceptors (Lipinski definition) is 7. The molecule has 1 saturated carbocycles. The minimum Gasteiger partial charge on any atom is -0.394 e. The summed E-state index contributed by atoms with van der Waals surface area (Å²) in [5.41, 5.74) is 0.940. The van der Waals surface area contributed by atoms with Crippen molar-refractivity contribution in [1.82, 2.24) is 24.8 Å². The predicted octanol–water partition coefficient (Wildman–Crippen LogP) is 0.921. The van der Waals surface area contributed by atoms with Crippen molar-refractivity contribution in [3.05, 3.63) is 12.7 Å². The Balaban J connectivity index is 1.50. The van der Waals surface area contributed by atoms with Crippen LogP contribution in [0.5, 0.6) is 0 Å². The van der Waals surface area contributed by atoms with Crippen LogP contribution in [-0.2, 0) is 4.74 Å². The number of aliphatic hydroxyl groups is 2. The molecule has 27 heavy (non-hydrogen) atoms. The zero-order chi connectivity index (χ0) is 18.8. The van der Waals surface area contributed by atoms with Gasteiger partial charge in [0.15, 0.2) is 17.0 Å². The number of fused-ring (bicyclic) bond motifs is 1. The van der Waals surface area contributed by atoms with Crippen molar-refractivity contribution in [3.8, 4) is 0 Å². The van der Waals surface area contributed by atoms with Gasteiger partial charge in [-0.25, -0.2) is 19.7 Å². The van der Waals surface area contributed by atoms with E-state index in [1.807, 2.05) is 0 Å². The highest BCUT2D eigenvalue weighted by molar-refractivity contribution is 5.95. The maximum absolute atomic E-state index is 12.3. The minimum absolute atomic E-state index is 0.192. The van der Waals surface area contributed by atoms with Crippen LogP contribution in [0.25, 0.3) is 11.2 Å². The molecular formula is C17H24N6O4. The summed E-state index contributed by atoms with van der Waals surface area (Å²) in [4.78, 5) is 25.0. The molecule has 2 fully saturated rings. The van der Waals surface area contributed by atoms with E-state index >= 15 is 0 Å². The SMILES string of the molecule is O=C(Nc1ncnc2c1ncn2[C@H]1C[C@H](O)[C@@H](CO)O1)NC1CCCCC1. The standard InChI is InChI=1S/C17H24N6O4/c24-7-12-11(25)6-13(27-12)23-9-20-14-15(18-8-19-16(14)23)22-17(26)21-10-4-2-1-3-5-10/h8-13,24-25H,1-7H2,(H2,18,19,21,22,26)/t11-,12+,13+/m0/s1. The largest absolute Gasteiger partial charge is 0.394 e. The lowest BCUT2D eigenvalue weighted by Gasteiger charge is -2.22. The van der Waals surface area contributed by atoms with Crippen molar-refractivity contribution < 1.29 is 19.7 Å². The number of ether oxygens (including phenoxy) is 1. The van der Waals surface area contributed by atoms with Gasteiger partial charge in [-0.3, -0.25) is 9.88 Å². The highest BCUT2D eigenvalue weighted by Gasteiger charge is 2.35. The number of aromatic nitrogens is 4. The summed E-state index contributed by atoms with van der Waals surface area (Å²) in [5.74, 6) is 0.323. The third-order valence-corrected chi connectivity index (χ3v) is 5.23. The Bertz CT molecular complexity index is 806. The first-order valence-electron chi connectivity index (χ1n) is 9.35. The van der Waals surface area contributed by atoms with Gasteiger partial charge in [0.05, 0.1) is 19.0 Å². The van der Waals surface area contributed by atoms with Crippen LogP contribution < -0.4 is 10.6 Å². The molecule has 1 saturated heterocycles. The molecule has 146 valence electrons. The first-order chi connectivity index (χ1) is 13.2. The van der Waals surface area contributed by atoms with Crippen LogP contribution >= 0.6 is 0 Å². The third-order valence-electron chi connectivity index (χ3n) is 5.23. The molecule has 2 amide bonds. The molecule has 0 spiro atoms. The molecule has 1 aliphatic carbocycles. The van der Waals surface area contributed by atoms with Crippen LogP contribution in [0.15, 0.2) is 12.7 Å². The van der Waals surface area contributed by atoms with Crippen LogP contribution in [0.1, 0.15) is 44.8 Å². The van der Waals surface area contributed by atoms with E-state index in [0.717, 1.165) is 25.7 Å². The summed E-state index contributed by atoms with van der Waals surface area (Å²) in [7, 11) is 0. The zero-order valence-electron chi connectivity index (χ0n) is 14.9. The summed E-state index contributed by atoms with van der Waals surface area (Å²) in [6.45, 7) is -0.257. The van der Waals surface area contributed by atoms with E-state index in [1.54, 1.807) is 10.9 Å². The maximum atomic E-state index is 12.3. The van der Waals surface area contributed by atoms with Crippen molar-refractivity contribution in [3.63, 3.8) is 0 Å². The number of nitrogens with zero attached hydrogens (tertiary/aromatic N) is 4. The average molecular weight is 376 g/mol. The Labute approximate surface area is 156 Å². The number of urea groups is 1. The third kappa shape index (κ3) is 3.73. The van der Waals surface area contributed by atoms with E-state index in [1.165, 1.54) is 12.7 Å². The molecule has 0 unspecified atom stereocenters. The van der Waals surface area contributed by atoms with Gasteiger partial charge in [0, 0.05) is 12.5 Å². The van der Waals surface area contributed by atoms with Crippen LogP contribution in [0.2, 0.25) is 0 Å². The van der Waals surface area contributed by atoms with Gasteiger partial charge in [-0.1, -0.05) is 19.3 Å². The molecule has 10 heteroatoms. The van der Waals surface area contributed by atoms with Crippen LogP contribution in [0, 0.1) is 0 Å². The molecule has 3 atom stereocenters. The quantitative estimate of drug-likeness (QED) is 0.623. The van der Waals surface area contributed by atoms with Gasteiger partial charge in [0.25, 0.3) is 0 Å². The predicted molar refractivity (Wildman–Crippen MR) is 96.0 cm³/mol. The van der Waals surface area contributed by atoms with Gasteiger partial charge in [-0.05, 0) is 12.8 Å². The Hall–Kier alpha value is -2.30. The van der Waals surface area contributed by atoms with E-state index in [9.17, 15) is 15.0 Å². The van der Waals surface area contributed by atoms with Gasteiger partial charge in [0.1, 0.15) is 18.7 Å². The Morgan fingerprint density at radius 1 is 1.26 bits per heavy atom. The number of nitrogens with one attached hydrogen (secondary N) is 2. The van der Waals surface area contributed by atoms with Crippen LogP contribution in [0.4, 0.5) is 10.6 Å². The first kappa shape index (κ1) is 18.1. The fourth-order valence-corrected chi connectivity index (χ4v) is 3.78. The molecule has 3 heterocycles. The molecule has 10 nitrogen and oxygen atoms in total. The molecule has 2 aromatic rings. The first-order valence-corrected chi connectivity index (χ1v) is 9.35. The van der Waals surface area contributed by atoms with Crippen molar-refractivity contribution >= 4 is 23.0 Å². The number of hydrogen-bond donors (Lipinski definition) is 4. The fourth-order valence-electron chi connectivity index (χ4n) is 3.78. The number of carbonyl (C=O) groups is 1. The number of rotatable bonds is 4. The number of anilines is 1. The molecule has 2 aromatic heterocycles. The Morgan fingerprint density at radius 3 is 2.81 bits per heavy atom. The molecule has 4 rings (SSSR count). The van der Waals surface area contributed by atoms with E-state index < -0.39 is 18.4 Å². The molecule has 0 radical (unpaired) electrons. The molecule has 2 aliphatic rings. The van der Waals surface area contributed by atoms with Crippen LogP contribution in [0.3, 0.4) is 0 Å². The number of imidazole rings is 1. The van der Waals surface area contributed by atoms with E-state index in [-0.39, 0.29) is 18.7 Å². The second kappa shape index (κ2) is 7.75. The van der Waals surface area contributed by atoms with Gasteiger partial charge < -0.3 is 20.3 Å². The lowest BCUT2D eigenvalue weighted by Crippen LogP contribution is -2.39. The van der Waals surface area contributed by atoms with E-state index in [2.05, 4.69) is 25.6 Å². The molecule has 1 aliphatic heterocycles. The summed E-state index contributed by atoms with van der Waals surface area (Å²) < 4.78 is 7.34. The zero-order valence-corrected chi connectivity index (χ0v) is 14.9. The van der Waals surface area contributed by atoms with Gasteiger partial charge >= 0.3 is 6.03 Å². The Kier molecular flexibility index (Phi) is 5.19. The van der Waals surface area contributed by atoms with Crippen molar-refractivity contribution in [2.45, 2.75) is 63.0 Å². The average Bonchev–Trinajstić information content (AvgIpc) is 3.26. The summed E-state index contributed by atoms with van der Waals surface area (Å²) in [6.07, 6.45) is 6.83. The van der Waals surface area contributed by atoms with Crippen LogP contribution in [-0.4, -0.2) is 60.6 Å². The number of aliphatic hydroxyl groups excluding tert-OH is 2. The monoisotopic (exact) mass is 376 g/mol. The second-order valence-electron chi connectivity index (χ2n) is 7.09. The lowest BCUT2D eigenvalue weighted by atomic mass is 9.96. The second-order valence-corrected chi connectivity index (χ2v) is 7.09. The Morgan fingerprint density at radius 2 is 2.07 bits per heavy atom. The summed E-state index contributed by atoms with van der Waals surface area (Å²) in [5, 5.41) is 24.9. The van der Waals surface area contributed by atoms with Crippen molar-refractivity contribution in [2.75, 3.05) is 11.9 Å².